The van der Waals surface area contributed by atoms with Crippen LogP contribution in [0.1, 0.15) is 5.69 Å². The summed E-state index contributed by atoms with van der Waals surface area (Å²) in [4.78, 5) is 11.9. The fraction of sp³-hybridized carbons (Fsp3) is 0.143. The zero-order valence-corrected chi connectivity index (χ0v) is 10.8. The summed E-state index contributed by atoms with van der Waals surface area (Å²) in [5, 5.41) is 3.48. The minimum atomic E-state index is -0.0587. The highest BCUT2D eigenvalue weighted by Crippen LogP contribution is 2.13. The number of anilines is 1. The van der Waals surface area contributed by atoms with Crippen molar-refractivity contribution in [2.45, 2.75) is 13.5 Å². The van der Waals surface area contributed by atoms with Crippen molar-refractivity contribution in [3.8, 4) is 0 Å². The summed E-state index contributed by atoms with van der Waals surface area (Å²) in [6.45, 7) is 2.27. The molecule has 1 amide bonds. The molecule has 2 rings (SSSR count). The van der Waals surface area contributed by atoms with Crippen LogP contribution in [-0.4, -0.2) is 5.91 Å². The normalized spacial score (nSPS) is 10.1. The minimum absolute atomic E-state index is 0.0587. The molecule has 0 saturated heterocycles. The molecule has 92 valence electrons. The molecule has 1 aromatic heterocycles. The molecule has 3 nitrogen and oxygen atoms in total. The fourth-order valence-electron chi connectivity index (χ4n) is 1.63. The quantitative estimate of drug-likeness (QED) is 0.847. The van der Waals surface area contributed by atoms with E-state index in [-0.39, 0.29) is 5.91 Å². The molecule has 1 aromatic carbocycles. The highest BCUT2D eigenvalue weighted by atomic mass is 35.5. The summed E-state index contributed by atoms with van der Waals surface area (Å²) in [6, 6.07) is 12.9. The van der Waals surface area contributed by atoms with Crippen molar-refractivity contribution in [3.63, 3.8) is 0 Å². The zero-order valence-electron chi connectivity index (χ0n) is 10.1. The number of aromatic nitrogens is 1. The molecule has 0 fully saturated rings. The lowest BCUT2D eigenvalue weighted by atomic mass is 10.3. The molecule has 0 unspecified atom stereocenters. The van der Waals surface area contributed by atoms with E-state index in [0.717, 1.165) is 11.4 Å². The average Bonchev–Trinajstić information content (AvgIpc) is 2.35. The third-order valence-corrected chi connectivity index (χ3v) is 2.86. The van der Waals surface area contributed by atoms with Crippen LogP contribution in [0.5, 0.6) is 0 Å². The number of amides is 1. The van der Waals surface area contributed by atoms with Gasteiger partial charge in [0.15, 0.2) is 11.9 Å². The van der Waals surface area contributed by atoms with Crippen molar-refractivity contribution in [3.05, 3.63) is 59.4 Å². The van der Waals surface area contributed by atoms with E-state index >= 15 is 0 Å². The number of carbonyl (C=O) groups excluding carboxylic acids is 1. The van der Waals surface area contributed by atoms with Crippen LogP contribution in [0, 0.1) is 6.92 Å². The van der Waals surface area contributed by atoms with Gasteiger partial charge in [-0.25, -0.2) is 0 Å². The first-order valence-corrected chi connectivity index (χ1v) is 6.03. The Morgan fingerprint density at radius 3 is 2.61 bits per heavy atom. The van der Waals surface area contributed by atoms with Crippen LogP contribution in [0.3, 0.4) is 0 Å². The topological polar surface area (TPSA) is 33.0 Å². The lowest BCUT2D eigenvalue weighted by Gasteiger charge is -2.04. The minimum Gasteiger partial charge on any atom is -0.321 e. The molecule has 0 radical (unpaired) electrons. The second kappa shape index (κ2) is 5.65. The maximum absolute atomic E-state index is 11.9. The lowest BCUT2D eigenvalue weighted by molar-refractivity contribution is -0.690. The monoisotopic (exact) mass is 261 g/mol. The number of nitrogens with one attached hydrogen (secondary N) is 1. The van der Waals surface area contributed by atoms with Crippen LogP contribution in [0.2, 0.25) is 5.02 Å². The summed E-state index contributed by atoms with van der Waals surface area (Å²) >= 11 is 5.78. The fourth-order valence-corrected chi connectivity index (χ4v) is 1.75. The van der Waals surface area contributed by atoms with E-state index < -0.39 is 0 Å². The molecule has 1 heterocycles. The molecule has 18 heavy (non-hydrogen) atoms. The van der Waals surface area contributed by atoms with Gasteiger partial charge in [-0.1, -0.05) is 17.7 Å². The number of benzene rings is 1. The van der Waals surface area contributed by atoms with E-state index in [0.29, 0.717) is 11.6 Å². The van der Waals surface area contributed by atoms with Crippen LogP contribution in [0.15, 0.2) is 48.7 Å². The third kappa shape index (κ3) is 3.31. The van der Waals surface area contributed by atoms with Crippen LogP contribution >= 0.6 is 11.6 Å². The first-order chi connectivity index (χ1) is 8.65. The Bertz CT molecular complexity index is 552. The number of hydrogen-bond acceptors (Lipinski definition) is 1. The molecule has 0 saturated carbocycles. The van der Waals surface area contributed by atoms with E-state index in [1.807, 2.05) is 35.9 Å². The van der Waals surface area contributed by atoms with E-state index in [2.05, 4.69) is 5.32 Å². The van der Waals surface area contributed by atoms with Gasteiger partial charge in [0.2, 0.25) is 6.54 Å². The smallest absolute Gasteiger partial charge is 0.290 e. The van der Waals surface area contributed by atoms with E-state index in [9.17, 15) is 4.79 Å². The molecular formula is C14H14ClN2O+. The molecule has 0 bridgehead atoms. The molecule has 0 aliphatic heterocycles. The van der Waals surface area contributed by atoms with Gasteiger partial charge in [0.25, 0.3) is 5.91 Å². The predicted molar refractivity (Wildman–Crippen MR) is 71.5 cm³/mol. The standard InChI is InChI=1S/C14H13ClN2O/c1-11-4-2-3-9-17(11)10-14(18)16-13-7-5-12(15)6-8-13/h2-9H,10H2,1H3/p+1. The largest absolute Gasteiger partial charge is 0.321 e. The summed E-state index contributed by atoms with van der Waals surface area (Å²) in [5.74, 6) is -0.0587. The summed E-state index contributed by atoms with van der Waals surface area (Å²) < 4.78 is 1.89. The molecule has 0 aliphatic rings. The molecule has 1 N–H and O–H groups in total. The molecule has 0 atom stereocenters. The SMILES string of the molecule is Cc1cccc[n+]1CC(=O)Nc1ccc(Cl)cc1. The lowest BCUT2D eigenvalue weighted by Crippen LogP contribution is -2.42. The highest BCUT2D eigenvalue weighted by molar-refractivity contribution is 6.30. The van der Waals surface area contributed by atoms with Gasteiger partial charge in [-0.05, 0) is 24.3 Å². The first kappa shape index (κ1) is 12.6. The number of carbonyl (C=O) groups is 1. The van der Waals surface area contributed by atoms with Crippen molar-refractivity contribution >= 4 is 23.2 Å². The molecule has 0 spiro atoms. The molecular weight excluding hydrogens is 248 g/mol. The number of halogens is 1. The maximum Gasteiger partial charge on any atom is 0.290 e. The predicted octanol–water partition coefficient (Wildman–Crippen LogP) is 2.57. The number of nitrogens with zero attached hydrogens (tertiary/aromatic N) is 1. The van der Waals surface area contributed by atoms with Gasteiger partial charge in [0, 0.05) is 29.8 Å². The number of aryl methyl sites for hydroxylation is 1. The first-order valence-electron chi connectivity index (χ1n) is 5.65. The molecule has 4 heteroatoms. The van der Waals surface area contributed by atoms with Crippen molar-refractivity contribution in [2.24, 2.45) is 0 Å². The van der Waals surface area contributed by atoms with Gasteiger partial charge < -0.3 is 5.32 Å². The number of rotatable bonds is 3. The molecule has 2 aromatic rings. The van der Waals surface area contributed by atoms with Gasteiger partial charge in [-0.3, -0.25) is 4.79 Å². The Morgan fingerprint density at radius 1 is 1.22 bits per heavy atom. The maximum atomic E-state index is 11.9. The Balaban J connectivity index is 2.01. The van der Waals surface area contributed by atoms with Gasteiger partial charge in [0.1, 0.15) is 0 Å². The third-order valence-electron chi connectivity index (χ3n) is 2.61. The highest BCUT2D eigenvalue weighted by Gasteiger charge is 2.11. The average molecular weight is 262 g/mol. The Morgan fingerprint density at radius 2 is 1.94 bits per heavy atom. The van der Waals surface area contributed by atoms with E-state index in [1.54, 1.807) is 24.3 Å². The van der Waals surface area contributed by atoms with Crippen LogP contribution in [0.4, 0.5) is 5.69 Å². The number of hydrogen-bond donors (Lipinski definition) is 1. The van der Waals surface area contributed by atoms with Crippen molar-refractivity contribution < 1.29 is 9.36 Å². The van der Waals surface area contributed by atoms with Crippen molar-refractivity contribution in [1.29, 1.82) is 0 Å². The van der Waals surface area contributed by atoms with Gasteiger partial charge in [-0.2, -0.15) is 4.57 Å². The van der Waals surface area contributed by atoms with Gasteiger partial charge in [0.05, 0.1) is 0 Å². The summed E-state index contributed by atoms with van der Waals surface area (Å²) in [6.07, 6.45) is 1.89. The van der Waals surface area contributed by atoms with Gasteiger partial charge in [-0.15, -0.1) is 0 Å². The summed E-state index contributed by atoms with van der Waals surface area (Å²) in [7, 11) is 0. The number of pyridine rings is 1. The second-order valence-corrected chi connectivity index (χ2v) is 4.46. The van der Waals surface area contributed by atoms with Crippen LogP contribution in [0.25, 0.3) is 0 Å². The van der Waals surface area contributed by atoms with E-state index in [4.69, 9.17) is 11.6 Å². The Hall–Kier alpha value is -1.87. The van der Waals surface area contributed by atoms with E-state index in [1.165, 1.54) is 0 Å². The van der Waals surface area contributed by atoms with Crippen LogP contribution < -0.4 is 9.88 Å². The summed E-state index contributed by atoms with van der Waals surface area (Å²) in [5.41, 5.74) is 1.79. The Kier molecular flexibility index (Phi) is 3.95. The van der Waals surface area contributed by atoms with Crippen molar-refractivity contribution in [2.75, 3.05) is 5.32 Å². The molecule has 0 aliphatic carbocycles. The van der Waals surface area contributed by atoms with Gasteiger partial charge >= 0.3 is 0 Å². The van der Waals surface area contributed by atoms with Crippen LogP contribution in [-0.2, 0) is 11.3 Å². The van der Waals surface area contributed by atoms with Crippen molar-refractivity contribution in [1.82, 2.24) is 0 Å². The Labute approximate surface area is 111 Å². The zero-order chi connectivity index (χ0) is 13.0. The second-order valence-electron chi connectivity index (χ2n) is 4.02.